The molecule has 5 rings (SSSR count). The number of oxazole rings is 1. The molecule has 0 saturated heterocycles. The Balaban J connectivity index is 1.34. The molecule has 1 aliphatic heterocycles. The first-order valence-electron chi connectivity index (χ1n) is 9.55. The van der Waals surface area contributed by atoms with Crippen molar-refractivity contribution in [2.45, 2.75) is 12.8 Å². The number of rotatable bonds is 5. The first-order valence-corrected chi connectivity index (χ1v) is 9.55. The highest BCUT2D eigenvalue weighted by molar-refractivity contribution is 5.98. The van der Waals surface area contributed by atoms with Gasteiger partial charge < -0.3 is 18.5 Å². The van der Waals surface area contributed by atoms with Crippen LogP contribution in [0, 0.1) is 0 Å². The quantitative estimate of drug-likeness (QED) is 0.525. The molecule has 1 aromatic carbocycles. The van der Waals surface area contributed by atoms with Crippen molar-refractivity contribution in [1.29, 1.82) is 0 Å². The van der Waals surface area contributed by atoms with Crippen molar-refractivity contribution in [1.82, 2.24) is 19.3 Å². The molecule has 4 heterocycles. The Kier molecular flexibility index (Phi) is 4.27. The second-order valence-electron chi connectivity index (χ2n) is 7.03. The SMILES string of the molecule is COc1ccn2cc(CCN3CCc4c(cccc4-c4ncco4)C3=O)nc2c1. The average Bonchev–Trinajstić information content (AvgIpc) is 3.42. The highest BCUT2D eigenvalue weighted by Gasteiger charge is 2.27. The number of hydrogen-bond acceptors (Lipinski definition) is 5. The molecule has 1 aliphatic rings. The number of amides is 1. The molecular formula is C22H20N4O3. The average molecular weight is 388 g/mol. The second kappa shape index (κ2) is 7.09. The summed E-state index contributed by atoms with van der Waals surface area (Å²) in [6.07, 6.45) is 8.58. The van der Waals surface area contributed by atoms with Gasteiger partial charge in [-0.15, -0.1) is 0 Å². The Morgan fingerprint density at radius 2 is 2.14 bits per heavy atom. The highest BCUT2D eigenvalue weighted by atomic mass is 16.5. The smallest absolute Gasteiger partial charge is 0.254 e. The van der Waals surface area contributed by atoms with Crippen LogP contribution in [0.4, 0.5) is 0 Å². The van der Waals surface area contributed by atoms with E-state index in [9.17, 15) is 4.79 Å². The molecule has 146 valence electrons. The van der Waals surface area contributed by atoms with Crippen molar-refractivity contribution in [3.63, 3.8) is 0 Å². The number of carbonyl (C=O) groups is 1. The van der Waals surface area contributed by atoms with E-state index in [-0.39, 0.29) is 5.91 Å². The summed E-state index contributed by atoms with van der Waals surface area (Å²) in [6.45, 7) is 1.30. The minimum atomic E-state index is 0.0464. The van der Waals surface area contributed by atoms with Crippen LogP contribution in [-0.4, -0.2) is 45.4 Å². The van der Waals surface area contributed by atoms with Gasteiger partial charge in [0.05, 0.1) is 19.0 Å². The Morgan fingerprint density at radius 1 is 1.24 bits per heavy atom. The van der Waals surface area contributed by atoms with Gasteiger partial charge in [0.2, 0.25) is 5.89 Å². The van der Waals surface area contributed by atoms with Gasteiger partial charge in [-0.2, -0.15) is 0 Å². The summed E-state index contributed by atoms with van der Waals surface area (Å²) in [5.74, 6) is 1.38. The van der Waals surface area contributed by atoms with E-state index in [1.807, 2.05) is 52.0 Å². The third kappa shape index (κ3) is 3.14. The van der Waals surface area contributed by atoms with Gasteiger partial charge in [0.25, 0.3) is 5.91 Å². The molecule has 0 aliphatic carbocycles. The van der Waals surface area contributed by atoms with Crippen molar-refractivity contribution in [3.8, 4) is 17.2 Å². The van der Waals surface area contributed by atoms with Crippen LogP contribution in [0.1, 0.15) is 21.6 Å². The summed E-state index contributed by atoms with van der Waals surface area (Å²) < 4.78 is 12.7. The summed E-state index contributed by atoms with van der Waals surface area (Å²) >= 11 is 0. The third-order valence-corrected chi connectivity index (χ3v) is 5.34. The molecule has 0 bridgehead atoms. The number of imidazole rings is 1. The maximum Gasteiger partial charge on any atom is 0.254 e. The van der Waals surface area contributed by atoms with Crippen molar-refractivity contribution in [2.24, 2.45) is 0 Å². The van der Waals surface area contributed by atoms with Gasteiger partial charge >= 0.3 is 0 Å². The molecule has 0 fully saturated rings. The molecule has 0 saturated carbocycles. The van der Waals surface area contributed by atoms with Crippen molar-refractivity contribution in [3.05, 3.63) is 72.0 Å². The van der Waals surface area contributed by atoms with Crippen molar-refractivity contribution < 1.29 is 13.9 Å². The lowest BCUT2D eigenvalue weighted by atomic mass is 9.93. The van der Waals surface area contributed by atoms with Gasteiger partial charge in [-0.05, 0) is 30.2 Å². The third-order valence-electron chi connectivity index (χ3n) is 5.34. The lowest BCUT2D eigenvalue weighted by Crippen LogP contribution is -2.39. The molecular weight excluding hydrogens is 368 g/mol. The summed E-state index contributed by atoms with van der Waals surface area (Å²) in [7, 11) is 1.64. The number of hydrogen-bond donors (Lipinski definition) is 0. The number of aromatic nitrogens is 3. The van der Waals surface area contributed by atoms with E-state index in [1.165, 1.54) is 0 Å². The van der Waals surface area contributed by atoms with Crippen LogP contribution >= 0.6 is 0 Å². The van der Waals surface area contributed by atoms with E-state index in [1.54, 1.807) is 19.6 Å². The van der Waals surface area contributed by atoms with E-state index in [0.717, 1.165) is 40.2 Å². The Hall–Kier alpha value is -3.61. The number of nitrogens with zero attached hydrogens (tertiary/aromatic N) is 4. The van der Waals surface area contributed by atoms with Crippen LogP contribution < -0.4 is 4.74 Å². The first-order chi connectivity index (χ1) is 14.2. The molecule has 29 heavy (non-hydrogen) atoms. The fourth-order valence-electron chi connectivity index (χ4n) is 3.86. The number of carbonyl (C=O) groups excluding carboxylic acids is 1. The zero-order chi connectivity index (χ0) is 19.8. The molecule has 0 spiro atoms. The predicted octanol–water partition coefficient (Wildman–Crippen LogP) is 3.24. The van der Waals surface area contributed by atoms with Crippen LogP contribution in [0.5, 0.6) is 5.75 Å². The van der Waals surface area contributed by atoms with E-state index >= 15 is 0 Å². The van der Waals surface area contributed by atoms with Gasteiger partial charge in [0.15, 0.2) is 0 Å². The Labute approximate surface area is 167 Å². The molecule has 1 amide bonds. The van der Waals surface area contributed by atoms with E-state index < -0.39 is 0 Å². The lowest BCUT2D eigenvalue weighted by Gasteiger charge is -2.29. The maximum atomic E-state index is 13.0. The number of benzene rings is 1. The van der Waals surface area contributed by atoms with Gasteiger partial charge in [-0.3, -0.25) is 4.79 Å². The highest BCUT2D eigenvalue weighted by Crippen LogP contribution is 2.29. The molecule has 4 aromatic rings. The molecule has 7 nitrogen and oxygen atoms in total. The largest absolute Gasteiger partial charge is 0.497 e. The molecule has 0 unspecified atom stereocenters. The predicted molar refractivity (Wildman–Crippen MR) is 107 cm³/mol. The summed E-state index contributed by atoms with van der Waals surface area (Å²) in [5, 5.41) is 0. The molecule has 3 aromatic heterocycles. The van der Waals surface area contributed by atoms with Crippen LogP contribution in [0.2, 0.25) is 0 Å². The monoisotopic (exact) mass is 388 g/mol. The summed E-state index contributed by atoms with van der Waals surface area (Å²) in [4.78, 5) is 23.8. The normalized spacial score (nSPS) is 13.7. The fraction of sp³-hybridized carbons (Fsp3) is 0.227. The van der Waals surface area contributed by atoms with Gasteiger partial charge in [-0.25, -0.2) is 9.97 Å². The number of methoxy groups -OCH3 is 1. The summed E-state index contributed by atoms with van der Waals surface area (Å²) in [6, 6.07) is 9.52. The molecule has 0 radical (unpaired) electrons. The van der Waals surface area contributed by atoms with Crippen LogP contribution in [-0.2, 0) is 12.8 Å². The molecule has 7 heteroatoms. The second-order valence-corrected chi connectivity index (χ2v) is 7.03. The number of pyridine rings is 1. The number of ether oxygens (including phenoxy) is 1. The maximum absolute atomic E-state index is 13.0. The first kappa shape index (κ1) is 17.5. The molecule has 0 N–H and O–H groups in total. The zero-order valence-corrected chi connectivity index (χ0v) is 16.0. The van der Waals surface area contributed by atoms with E-state index in [0.29, 0.717) is 25.4 Å². The number of fused-ring (bicyclic) bond motifs is 2. The van der Waals surface area contributed by atoms with Gasteiger partial charge in [0.1, 0.15) is 17.7 Å². The van der Waals surface area contributed by atoms with Crippen molar-refractivity contribution in [2.75, 3.05) is 20.2 Å². The van der Waals surface area contributed by atoms with Crippen molar-refractivity contribution >= 4 is 11.6 Å². The van der Waals surface area contributed by atoms with Crippen LogP contribution in [0.15, 0.2) is 59.6 Å². The fourth-order valence-corrected chi connectivity index (χ4v) is 3.86. The lowest BCUT2D eigenvalue weighted by molar-refractivity contribution is 0.0741. The topological polar surface area (TPSA) is 72.9 Å². The van der Waals surface area contributed by atoms with Crippen LogP contribution in [0.3, 0.4) is 0 Å². The zero-order valence-electron chi connectivity index (χ0n) is 16.0. The van der Waals surface area contributed by atoms with Crippen LogP contribution in [0.25, 0.3) is 17.1 Å². The van der Waals surface area contributed by atoms with E-state index in [4.69, 9.17) is 9.15 Å². The van der Waals surface area contributed by atoms with Gasteiger partial charge in [0, 0.05) is 49.1 Å². The van der Waals surface area contributed by atoms with E-state index in [2.05, 4.69) is 9.97 Å². The Morgan fingerprint density at radius 3 is 2.97 bits per heavy atom. The standard InChI is InChI=1S/C22H20N4O3/c1-28-16-6-10-26-14-15(24-20(26)13-16)5-9-25-11-7-17-18(21-23-8-12-29-21)3-2-4-19(17)22(25)27/h2-4,6,8,10,12-14H,5,7,9,11H2,1H3. The summed E-state index contributed by atoms with van der Waals surface area (Å²) in [5.41, 5.74) is 4.42. The minimum absolute atomic E-state index is 0.0464. The minimum Gasteiger partial charge on any atom is -0.497 e. The molecule has 0 atom stereocenters. The Bertz CT molecular complexity index is 1180. The van der Waals surface area contributed by atoms with Gasteiger partial charge in [-0.1, -0.05) is 6.07 Å².